The van der Waals surface area contributed by atoms with Crippen LogP contribution in [0.5, 0.6) is 0 Å². The van der Waals surface area contributed by atoms with Gasteiger partial charge in [0.15, 0.2) is 0 Å². The van der Waals surface area contributed by atoms with Crippen LogP contribution in [0.2, 0.25) is 0 Å². The van der Waals surface area contributed by atoms with Gasteiger partial charge in [-0.2, -0.15) is 20.1 Å². The minimum absolute atomic E-state index is 0.110. The molecule has 4 rings (SSSR count). The van der Waals surface area contributed by atoms with Gasteiger partial charge in [-0.05, 0) is 11.6 Å². The van der Waals surface area contributed by atoms with Gasteiger partial charge in [0.1, 0.15) is 11.5 Å². The lowest BCUT2D eigenvalue weighted by Crippen LogP contribution is -2.06. The van der Waals surface area contributed by atoms with Gasteiger partial charge in [0.2, 0.25) is 17.6 Å². The number of nitrogens with two attached hydrogens (primary N) is 1. The predicted molar refractivity (Wildman–Crippen MR) is 84.4 cm³/mol. The van der Waals surface area contributed by atoms with Crippen molar-refractivity contribution < 1.29 is 4.52 Å². The lowest BCUT2D eigenvalue weighted by atomic mass is 10.1. The molecule has 0 aliphatic carbocycles. The molecule has 0 amide bonds. The average Bonchev–Trinajstić information content (AvgIpc) is 3.27. The molecule has 24 heavy (non-hydrogen) atoms. The molecular formula is C15H12N8O. The number of anilines is 1. The Morgan fingerprint density at radius 2 is 1.83 bits per heavy atom. The third kappa shape index (κ3) is 2.82. The second-order valence-electron chi connectivity index (χ2n) is 4.99. The Labute approximate surface area is 136 Å². The van der Waals surface area contributed by atoms with Gasteiger partial charge in [-0.3, -0.25) is 5.10 Å². The molecule has 0 bridgehead atoms. The lowest BCUT2D eigenvalue weighted by molar-refractivity contribution is 0.430. The summed E-state index contributed by atoms with van der Waals surface area (Å²) in [4.78, 5) is 16.9. The van der Waals surface area contributed by atoms with Crippen LogP contribution in [0, 0.1) is 0 Å². The summed E-state index contributed by atoms with van der Waals surface area (Å²) >= 11 is 0. The van der Waals surface area contributed by atoms with E-state index in [0.29, 0.717) is 23.8 Å². The molecule has 9 nitrogen and oxygen atoms in total. The zero-order valence-corrected chi connectivity index (χ0v) is 12.4. The van der Waals surface area contributed by atoms with Crippen LogP contribution >= 0.6 is 0 Å². The number of nitrogens with one attached hydrogen (secondary N) is 1. The topological polar surface area (TPSA) is 132 Å². The number of benzene rings is 1. The molecular weight excluding hydrogens is 308 g/mol. The van der Waals surface area contributed by atoms with Crippen molar-refractivity contribution in [2.75, 3.05) is 5.73 Å². The number of H-pyrrole nitrogens is 1. The van der Waals surface area contributed by atoms with Gasteiger partial charge < -0.3 is 10.3 Å². The highest BCUT2D eigenvalue weighted by molar-refractivity contribution is 5.51. The quantitative estimate of drug-likeness (QED) is 0.578. The summed E-state index contributed by atoms with van der Waals surface area (Å²) < 4.78 is 5.19. The van der Waals surface area contributed by atoms with Crippen LogP contribution in [0.1, 0.15) is 11.4 Å². The molecule has 0 spiro atoms. The summed E-state index contributed by atoms with van der Waals surface area (Å²) in [5.41, 5.74) is 7.47. The van der Waals surface area contributed by atoms with Gasteiger partial charge in [0.05, 0.1) is 0 Å². The summed E-state index contributed by atoms with van der Waals surface area (Å²) in [6.45, 7) is 0. The van der Waals surface area contributed by atoms with Gasteiger partial charge in [0, 0.05) is 12.6 Å². The summed E-state index contributed by atoms with van der Waals surface area (Å²) in [5.74, 6) is 1.45. The second kappa shape index (κ2) is 5.88. The van der Waals surface area contributed by atoms with Crippen molar-refractivity contribution in [1.82, 2.24) is 35.3 Å². The first-order chi connectivity index (χ1) is 11.8. The van der Waals surface area contributed by atoms with E-state index in [-0.39, 0.29) is 17.6 Å². The fourth-order valence-corrected chi connectivity index (χ4v) is 2.19. The first-order valence-electron chi connectivity index (χ1n) is 7.16. The van der Waals surface area contributed by atoms with Crippen LogP contribution in [-0.4, -0.2) is 35.3 Å². The fraction of sp³-hybridized carbons (Fsp3) is 0.0667. The first kappa shape index (κ1) is 14.0. The van der Waals surface area contributed by atoms with Crippen molar-refractivity contribution in [2.24, 2.45) is 0 Å². The van der Waals surface area contributed by atoms with Crippen molar-refractivity contribution in [2.45, 2.75) is 6.42 Å². The van der Waals surface area contributed by atoms with Gasteiger partial charge >= 0.3 is 0 Å². The maximum absolute atomic E-state index is 5.79. The van der Waals surface area contributed by atoms with E-state index in [1.54, 1.807) is 12.3 Å². The van der Waals surface area contributed by atoms with Crippen molar-refractivity contribution in [1.29, 1.82) is 0 Å². The Hall–Kier alpha value is -3.62. The van der Waals surface area contributed by atoms with Crippen LogP contribution in [-0.2, 0) is 6.42 Å². The summed E-state index contributed by atoms with van der Waals surface area (Å²) in [7, 11) is 0. The molecule has 1 aromatic carbocycles. The Bertz CT molecular complexity index is 949. The van der Waals surface area contributed by atoms with Gasteiger partial charge in [-0.25, -0.2) is 4.98 Å². The largest absolute Gasteiger partial charge is 0.368 e. The van der Waals surface area contributed by atoms with Crippen molar-refractivity contribution in [3.63, 3.8) is 0 Å². The average molecular weight is 320 g/mol. The third-order valence-electron chi connectivity index (χ3n) is 3.26. The van der Waals surface area contributed by atoms with E-state index >= 15 is 0 Å². The monoisotopic (exact) mass is 320 g/mol. The van der Waals surface area contributed by atoms with Gasteiger partial charge in [0.25, 0.3) is 5.89 Å². The van der Waals surface area contributed by atoms with E-state index in [1.165, 1.54) is 0 Å². The van der Waals surface area contributed by atoms with Gasteiger partial charge in [-0.1, -0.05) is 35.5 Å². The molecule has 3 N–H and O–H groups in total. The predicted octanol–water partition coefficient (Wildman–Crippen LogP) is 1.48. The molecule has 3 heterocycles. The Balaban J connectivity index is 1.66. The molecule has 118 valence electrons. The molecule has 0 saturated heterocycles. The molecule has 0 radical (unpaired) electrons. The van der Waals surface area contributed by atoms with E-state index in [2.05, 4.69) is 35.3 Å². The van der Waals surface area contributed by atoms with Gasteiger partial charge in [-0.15, -0.1) is 0 Å². The highest BCUT2D eigenvalue weighted by Gasteiger charge is 2.15. The Morgan fingerprint density at radius 1 is 0.958 bits per heavy atom. The molecule has 9 heteroatoms. The van der Waals surface area contributed by atoms with Crippen molar-refractivity contribution >= 4 is 5.95 Å². The summed E-state index contributed by atoms with van der Waals surface area (Å²) in [6, 6.07) is 11.6. The minimum Gasteiger partial charge on any atom is -0.368 e. The fourth-order valence-electron chi connectivity index (χ4n) is 2.19. The second-order valence-corrected chi connectivity index (χ2v) is 4.99. The van der Waals surface area contributed by atoms with Crippen molar-refractivity contribution in [3.8, 4) is 23.2 Å². The van der Waals surface area contributed by atoms with Crippen LogP contribution < -0.4 is 5.73 Å². The third-order valence-corrected chi connectivity index (χ3v) is 3.26. The number of aromatic amines is 1. The zero-order chi connectivity index (χ0) is 16.4. The molecule has 0 unspecified atom stereocenters. The smallest absolute Gasteiger partial charge is 0.276 e. The molecule has 0 saturated carbocycles. The summed E-state index contributed by atoms with van der Waals surface area (Å²) in [6.07, 6.45) is 2.13. The van der Waals surface area contributed by atoms with Crippen LogP contribution in [0.4, 0.5) is 5.95 Å². The SMILES string of the molecule is Nc1nc(Cc2ccccc2)nc(-c2noc(-c3ccn[nH]3)n2)n1. The van der Waals surface area contributed by atoms with E-state index in [4.69, 9.17) is 10.3 Å². The highest BCUT2D eigenvalue weighted by Crippen LogP contribution is 2.18. The molecule has 3 aromatic heterocycles. The molecule has 0 atom stereocenters. The van der Waals surface area contributed by atoms with E-state index in [9.17, 15) is 0 Å². The highest BCUT2D eigenvalue weighted by atomic mass is 16.5. The summed E-state index contributed by atoms with van der Waals surface area (Å²) in [5, 5.41) is 10.5. The molecule has 0 aliphatic heterocycles. The maximum Gasteiger partial charge on any atom is 0.276 e. The standard InChI is InChI=1S/C15H12N8O/c16-15-19-11(8-9-4-2-1-3-5-9)18-12(21-15)13-20-14(24-23-13)10-6-7-17-22-10/h1-7H,8H2,(H,17,22)(H2,16,18,19,21). The van der Waals surface area contributed by atoms with Crippen LogP contribution in [0.25, 0.3) is 23.2 Å². The number of aromatic nitrogens is 7. The van der Waals surface area contributed by atoms with Crippen LogP contribution in [0.3, 0.4) is 0 Å². The minimum atomic E-state index is 0.110. The normalized spacial score (nSPS) is 10.8. The van der Waals surface area contributed by atoms with E-state index < -0.39 is 0 Å². The van der Waals surface area contributed by atoms with E-state index in [0.717, 1.165) is 5.56 Å². The Kier molecular flexibility index (Phi) is 3.43. The van der Waals surface area contributed by atoms with Crippen LogP contribution in [0.15, 0.2) is 47.1 Å². The maximum atomic E-state index is 5.79. The number of hydrogen-bond acceptors (Lipinski definition) is 8. The number of nitrogen functional groups attached to an aromatic ring is 1. The molecule has 0 aliphatic rings. The molecule has 0 fully saturated rings. The zero-order valence-electron chi connectivity index (χ0n) is 12.4. The number of rotatable bonds is 4. The lowest BCUT2D eigenvalue weighted by Gasteiger charge is -2.02. The number of hydrogen-bond donors (Lipinski definition) is 2. The first-order valence-corrected chi connectivity index (χ1v) is 7.16. The van der Waals surface area contributed by atoms with Crippen molar-refractivity contribution in [3.05, 3.63) is 54.0 Å². The molecule has 4 aromatic rings. The number of nitrogens with zero attached hydrogens (tertiary/aromatic N) is 6. The Morgan fingerprint density at radius 3 is 2.62 bits per heavy atom. The van der Waals surface area contributed by atoms with E-state index in [1.807, 2.05) is 30.3 Å².